The molecule has 3 rings (SSSR count). The van der Waals surface area contributed by atoms with Crippen LogP contribution in [-0.4, -0.2) is 48.7 Å². The highest BCUT2D eigenvalue weighted by atomic mass is 35.5. The predicted molar refractivity (Wildman–Crippen MR) is 90.6 cm³/mol. The standard InChI is InChI=1S/C14H13ClF3N7OS/c1-26-5-4-24-8-19-21-13(24)27-7-12-20-22-23-25(12)11-3-2-9(15)6-10(11)14(16,17)18/h2-3,6,8H,4-5,7H2,1H3. The summed E-state index contributed by atoms with van der Waals surface area (Å²) in [6, 6.07) is 3.43. The first-order valence-electron chi connectivity index (χ1n) is 7.54. The number of halogens is 4. The highest BCUT2D eigenvalue weighted by Gasteiger charge is 2.35. The Bertz CT molecular complexity index is 914. The van der Waals surface area contributed by atoms with Crippen LogP contribution < -0.4 is 0 Å². The van der Waals surface area contributed by atoms with E-state index in [9.17, 15) is 13.2 Å². The number of hydrogen-bond donors (Lipinski definition) is 0. The van der Waals surface area contributed by atoms with Gasteiger partial charge in [0.1, 0.15) is 6.33 Å². The van der Waals surface area contributed by atoms with Crippen LogP contribution in [0.25, 0.3) is 5.69 Å². The van der Waals surface area contributed by atoms with Gasteiger partial charge in [0.05, 0.1) is 23.6 Å². The molecule has 0 saturated heterocycles. The lowest BCUT2D eigenvalue weighted by Gasteiger charge is -2.13. The Morgan fingerprint density at radius 1 is 1.26 bits per heavy atom. The van der Waals surface area contributed by atoms with Gasteiger partial charge in [-0.25, -0.2) is 0 Å². The summed E-state index contributed by atoms with van der Waals surface area (Å²) in [7, 11) is 1.58. The molecule has 8 nitrogen and oxygen atoms in total. The van der Waals surface area contributed by atoms with Gasteiger partial charge >= 0.3 is 6.18 Å². The van der Waals surface area contributed by atoms with Crippen molar-refractivity contribution in [1.29, 1.82) is 0 Å². The van der Waals surface area contributed by atoms with Crippen molar-refractivity contribution in [2.45, 2.75) is 23.6 Å². The van der Waals surface area contributed by atoms with Crippen LogP contribution in [0.4, 0.5) is 13.2 Å². The van der Waals surface area contributed by atoms with E-state index >= 15 is 0 Å². The third kappa shape index (κ3) is 4.57. The Morgan fingerprint density at radius 3 is 2.81 bits per heavy atom. The van der Waals surface area contributed by atoms with Gasteiger partial charge in [0.25, 0.3) is 0 Å². The summed E-state index contributed by atoms with van der Waals surface area (Å²) < 4.78 is 47.9. The second-order valence-corrected chi connectivity index (χ2v) is 6.63. The largest absolute Gasteiger partial charge is 0.418 e. The van der Waals surface area contributed by atoms with Crippen molar-refractivity contribution in [1.82, 2.24) is 35.0 Å². The quantitative estimate of drug-likeness (QED) is 0.544. The van der Waals surface area contributed by atoms with Crippen LogP contribution in [0.1, 0.15) is 11.4 Å². The predicted octanol–water partition coefficient (Wildman–Crippen LogP) is 2.86. The van der Waals surface area contributed by atoms with Gasteiger partial charge in [-0.3, -0.25) is 0 Å². The van der Waals surface area contributed by atoms with Gasteiger partial charge in [0, 0.05) is 18.7 Å². The van der Waals surface area contributed by atoms with Crippen LogP contribution in [0.3, 0.4) is 0 Å². The molecule has 3 aromatic rings. The third-order valence-electron chi connectivity index (χ3n) is 3.47. The van der Waals surface area contributed by atoms with Crippen LogP contribution in [0.15, 0.2) is 29.7 Å². The van der Waals surface area contributed by atoms with Gasteiger partial charge in [-0.15, -0.1) is 15.3 Å². The number of methoxy groups -OCH3 is 1. The van der Waals surface area contributed by atoms with Gasteiger partial charge < -0.3 is 9.30 Å². The minimum absolute atomic E-state index is 0.0266. The molecule has 144 valence electrons. The van der Waals surface area contributed by atoms with Crippen molar-refractivity contribution in [2.75, 3.05) is 13.7 Å². The number of nitrogens with zero attached hydrogens (tertiary/aromatic N) is 7. The molecule has 2 aromatic heterocycles. The smallest absolute Gasteiger partial charge is 0.383 e. The summed E-state index contributed by atoms with van der Waals surface area (Å²) in [5.41, 5.74) is -1.12. The summed E-state index contributed by atoms with van der Waals surface area (Å²) >= 11 is 6.97. The SMILES string of the molecule is COCCn1cnnc1SCc1nnnn1-c1ccc(Cl)cc1C(F)(F)F. The lowest BCUT2D eigenvalue weighted by molar-refractivity contribution is -0.137. The molecular formula is C14H13ClF3N7OS. The first-order valence-corrected chi connectivity index (χ1v) is 8.90. The van der Waals surface area contributed by atoms with Crippen molar-refractivity contribution in [3.8, 4) is 5.69 Å². The maximum atomic E-state index is 13.4. The van der Waals surface area contributed by atoms with E-state index in [-0.39, 0.29) is 22.3 Å². The fourth-order valence-corrected chi connectivity index (χ4v) is 3.25. The third-order valence-corrected chi connectivity index (χ3v) is 4.68. The van der Waals surface area contributed by atoms with Gasteiger partial charge in [0.15, 0.2) is 11.0 Å². The zero-order chi connectivity index (χ0) is 19.4. The zero-order valence-corrected chi connectivity index (χ0v) is 15.5. The lowest BCUT2D eigenvalue weighted by Crippen LogP contribution is -2.13. The van der Waals surface area contributed by atoms with Gasteiger partial charge in [0.2, 0.25) is 0 Å². The molecule has 0 saturated carbocycles. The Labute approximate surface area is 160 Å². The molecule has 0 fully saturated rings. The number of hydrogen-bond acceptors (Lipinski definition) is 7. The second-order valence-electron chi connectivity index (χ2n) is 5.25. The average molecular weight is 420 g/mol. The van der Waals surface area contributed by atoms with E-state index < -0.39 is 11.7 Å². The van der Waals surface area contributed by atoms with Crippen molar-refractivity contribution in [2.24, 2.45) is 0 Å². The van der Waals surface area contributed by atoms with Crippen molar-refractivity contribution in [3.63, 3.8) is 0 Å². The zero-order valence-electron chi connectivity index (χ0n) is 13.9. The Kier molecular flexibility index (Phi) is 5.97. The molecule has 0 atom stereocenters. The summed E-state index contributed by atoms with van der Waals surface area (Å²) in [4.78, 5) is 0. The summed E-state index contributed by atoms with van der Waals surface area (Å²) in [6.07, 6.45) is -3.05. The van der Waals surface area contributed by atoms with E-state index in [4.69, 9.17) is 16.3 Å². The average Bonchev–Trinajstić information content (AvgIpc) is 3.26. The molecular weight excluding hydrogens is 407 g/mol. The molecule has 13 heteroatoms. The van der Waals surface area contributed by atoms with Crippen LogP contribution in [0.2, 0.25) is 5.02 Å². The molecule has 0 unspecified atom stereocenters. The summed E-state index contributed by atoms with van der Waals surface area (Å²) in [5, 5.41) is 19.4. The second kappa shape index (κ2) is 8.23. The van der Waals surface area contributed by atoms with E-state index in [1.54, 1.807) is 18.0 Å². The fraction of sp³-hybridized carbons (Fsp3) is 0.357. The molecule has 0 N–H and O–H groups in total. The topological polar surface area (TPSA) is 83.5 Å². The Balaban J connectivity index is 1.85. The molecule has 1 aromatic carbocycles. The molecule has 2 heterocycles. The molecule has 0 radical (unpaired) electrons. The van der Waals surface area contributed by atoms with Gasteiger partial charge in [-0.1, -0.05) is 23.4 Å². The number of thioether (sulfide) groups is 1. The molecule has 27 heavy (non-hydrogen) atoms. The van der Waals surface area contributed by atoms with Crippen LogP contribution in [-0.2, 0) is 23.2 Å². The van der Waals surface area contributed by atoms with Crippen LogP contribution >= 0.6 is 23.4 Å². The van der Waals surface area contributed by atoms with E-state index in [1.807, 2.05) is 0 Å². The first-order chi connectivity index (χ1) is 12.9. The molecule has 0 aliphatic rings. The Hall–Kier alpha value is -2.18. The number of benzene rings is 1. The summed E-state index contributed by atoms with van der Waals surface area (Å²) in [5.74, 6) is 0.424. The molecule has 0 bridgehead atoms. The molecule has 0 spiro atoms. The highest BCUT2D eigenvalue weighted by molar-refractivity contribution is 7.98. The first kappa shape index (κ1) is 19.6. The van der Waals surface area contributed by atoms with E-state index in [0.29, 0.717) is 18.3 Å². The minimum Gasteiger partial charge on any atom is -0.383 e. The summed E-state index contributed by atoms with van der Waals surface area (Å²) in [6.45, 7) is 1.02. The van der Waals surface area contributed by atoms with Gasteiger partial charge in [-0.05, 0) is 28.6 Å². The number of tetrazole rings is 1. The normalized spacial score (nSPS) is 11.9. The highest BCUT2D eigenvalue weighted by Crippen LogP contribution is 2.35. The monoisotopic (exact) mass is 419 g/mol. The van der Waals surface area contributed by atoms with Gasteiger partial charge in [-0.2, -0.15) is 17.9 Å². The van der Waals surface area contributed by atoms with E-state index in [0.717, 1.165) is 10.7 Å². The van der Waals surface area contributed by atoms with Crippen LogP contribution in [0, 0.1) is 0 Å². The van der Waals surface area contributed by atoms with Crippen molar-refractivity contribution in [3.05, 3.63) is 40.9 Å². The maximum Gasteiger partial charge on any atom is 0.418 e. The van der Waals surface area contributed by atoms with Crippen molar-refractivity contribution >= 4 is 23.4 Å². The number of aromatic nitrogens is 7. The van der Waals surface area contributed by atoms with Crippen LogP contribution in [0.5, 0.6) is 0 Å². The van der Waals surface area contributed by atoms with E-state index in [2.05, 4.69) is 25.7 Å². The fourth-order valence-electron chi connectivity index (χ4n) is 2.23. The Morgan fingerprint density at radius 2 is 2.07 bits per heavy atom. The number of ether oxygens (including phenoxy) is 1. The number of alkyl halides is 3. The van der Waals surface area contributed by atoms with E-state index in [1.165, 1.54) is 23.9 Å². The molecule has 0 aliphatic carbocycles. The number of rotatable bonds is 7. The minimum atomic E-state index is -4.60. The maximum absolute atomic E-state index is 13.4. The molecule has 0 aliphatic heterocycles. The molecule has 0 amide bonds. The lowest BCUT2D eigenvalue weighted by atomic mass is 10.1. The van der Waals surface area contributed by atoms with Crippen molar-refractivity contribution < 1.29 is 17.9 Å².